The van der Waals surface area contributed by atoms with E-state index in [1.54, 1.807) is 24.3 Å². The van der Waals surface area contributed by atoms with Crippen molar-refractivity contribution in [2.75, 3.05) is 0 Å². The van der Waals surface area contributed by atoms with Crippen molar-refractivity contribution >= 4 is 22.4 Å². The first-order valence-electron chi connectivity index (χ1n) is 7.68. The van der Waals surface area contributed by atoms with Gasteiger partial charge in [-0.15, -0.1) is 0 Å². The van der Waals surface area contributed by atoms with Gasteiger partial charge in [-0.3, -0.25) is 14.9 Å². The van der Waals surface area contributed by atoms with E-state index in [1.165, 1.54) is 24.4 Å². The van der Waals surface area contributed by atoms with E-state index < -0.39 is 29.2 Å². The van der Waals surface area contributed by atoms with Crippen LogP contribution in [0, 0.1) is 10.1 Å². The molecule has 0 saturated carbocycles. The van der Waals surface area contributed by atoms with Gasteiger partial charge in [0.2, 0.25) is 0 Å². The zero-order chi connectivity index (χ0) is 18.9. The van der Waals surface area contributed by atoms with E-state index in [0.717, 1.165) is 6.07 Å². The summed E-state index contributed by atoms with van der Waals surface area (Å²) in [6.07, 6.45) is -4.21. The van der Waals surface area contributed by atoms with Gasteiger partial charge in [-0.2, -0.15) is 13.2 Å². The molecule has 2 aromatic carbocycles. The second kappa shape index (κ2) is 6.62. The van der Waals surface area contributed by atoms with Crippen LogP contribution in [0.1, 0.15) is 28.3 Å². The van der Waals surface area contributed by atoms with Crippen LogP contribution >= 0.6 is 0 Å². The summed E-state index contributed by atoms with van der Waals surface area (Å²) in [5, 5.41) is 11.2. The topological polar surface area (TPSA) is 76.0 Å². The van der Waals surface area contributed by atoms with Gasteiger partial charge in [0.15, 0.2) is 5.78 Å². The summed E-state index contributed by atoms with van der Waals surface area (Å²) >= 11 is 0. The van der Waals surface area contributed by atoms with Crippen LogP contribution in [0.25, 0.3) is 10.9 Å². The second-order valence-corrected chi connectivity index (χ2v) is 5.82. The van der Waals surface area contributed by atoms with Crippen LogP contribution in [0.2, 0.25) is 0 Å². The molecule has 3 rings (SSSR count). The van der Waals surface area contributed by atoms with Crippen molar-refractivity contribution in [3.05, 3.63) is 76.0 Å². The average molecular weight is 362 g/mol. The van der Waals surface area contributed by atoms with Crippen molar-refractivity contribution < 1.29 is 22.9 Å². The number of carbonyl (C=O) groups excluding carboxylic acids is 1. The Morgan fingerprint density at radius 1 is 1.15 bits per heavy atom. The van der Waals surface area contributed by atoms with Gasteiger partial charge in [0, 0.05) is 41.2 Å². The highest BCUT2D eigenvalue weighted by Crippen LogP contribution is 2.41. The Hall–Kier alpha value is -3.16. The van der Waals surface area contributed by atoms with Gasteiger partial charge in [-0.05, 0) is 11.6 Å². The van der Waals surface area contributed by atoms with Crippen LogP contribution < -0.4 is 0 Å². The molecule has 1 heterocycles. The van der Waals surface area contributed by atoms with E-state index in [2.05, 4.69) is 4.98 Å². The molecule has 1 aromatic heterocycles. The lowest BCUT2D eigenvalue weighted by atomic mass is 9.90. The summed E-state index contributed by atoms with van der Waals surface area (Å²) in [4.78, 5) is 25.3. The number of para-hydroxylation sites is 1. The number of aromatic nitrogens is 1. The van der Waals surface area contributed by atoms with Crippen LogP contribution in [0.3, 0.4) is 0 Å². The number of non-ortho nitro benzene ring substituents is 1. The lowest BCUT2D eigenvalue weighted by Crippen LogP contribution is -2.23. The van der Waals surface area contributed by atoms with Crippen molar-refractivity contribution in [2.45, 2.75) is 18.5 Å². The molecule has 0 unspecified atom stereocenters. The van der Waals surface area contributed by atoms with Gasteiger partial charge in [0.1, 0.15) is 0 Å². The van der Waals surface area contributed by atoms with Crippen LogP contribution in [-0.2, 0) is 0 Å². The average Bonchev–Trinajstić information content (AvgIpc) is 3.02. The fraction of sp³-hybridized carbons (Fsp3) is 0.167. The highest BCUT2D eigenvalue weighted by atomic mass is 19.4. The minimum absolute atomic E-state index is 0.0214. The number of benzene rings is 2. The summed E-state index contributed by atoms with van der Waals surface area (Å²) in [5.41, 5.74) is 0.0613. The number of hydrogen-bond donors (Lipinski definition) is 1. The smallest absolute Gasteiger partial charge is 0.361 e. The molecule has 0 amide bonds. The molecule has 0 saturated heterocycles. The summed E-state index contributed by atoms with van der Waals surface area (Å²) in [6.45, 7) is 0. The van der Waals surface area contributed by atoms with E-state index >= 15 is 0 Å². The predicted octanol–water partition coefficient (Wildman–Crippen LogP) is 5.00. The van der Waals surface area contributed by atoms with E-state index in [9.17, 15) is 28.1 Å². The maximum absolute atomic E-state index is 13.6. The summed E-state index contributed by atoms with van der Waals surface area (Å²) in [6, 6.07) is 11.2. The molecule has 0 aliphatic rings. The quantitative estimate of drug-likeness (QED) is 0.394. The van der Waals surface area contributed by atoms with Crippen molar-refractivity contribution in [1.82, 2.24) is 4.98 Å². The van der Waals surface area contributed by atoms with Crippen LogP contribution in [-0.4, -0.2) is 21.9 Å². The standard InChI is InChI=1S/C18H13F3N2O3/c19-18(20,21)15(14-10-22-16-7-2-1-6-13(14)16)9-17(24)11-4-3-5-12(8-11)23(25)26/h1-8,10,15,22H,9H2/t15-/m0/s1. The monoisotopic (exact) mass is 362 g/mol. The molecular formula is C18H13F3N2O3. The van der Waals surface area contributed by atoms with Crippen molar-refractivity contribution in [3.63, 3.8) is 0 Å². The van der Waals surface area contributed by atoms with E-state index in [4.69, 9.17) is 0 Å². The lowest BCUT2D eigenvalue weighted by Gasteiger charge is -2.19. The van der Waals surface area contributed by atoms with Crippen LogP contribution in [0.4, 0.5) is 18.9 Å². The predicted molar refractivity (Wildman–Crippen MR) is 89.1 cm³/mol. The Labute approximate surface area is 145 Å². The number of nitrogens with one attached hydrogen (secondary N) is 1. The first kappa shape index (κ1) is 17.7. The Kier molecular flexibility index (Phi) is 4.50. The Balaban J connectivity index is 1.96. The van der Waals surface area contributed by atoms with Crippen molar-refractivity contribution in [3.8, 4) is 0 Å². The third-order valence-electron chi connectivity index (χ3n) is 4.16. The minimum Gasteiger partial charge on any atom is -0.361 e. The van der Waals surface area contributed by atoms with Crippen molar-refractivity contribution in [2.24, 2.45) is 0 Å². The highest BCUT2D eigenvalue weighted by molar-refractivity contribution is 5.97. The first-order chi connectivity index (χ1) is 12.3. The minimum atomic E-state index is -4.64. The number of rotatable bonds is 5. The molecule has 0 radical (unpaired) electrons. The number of nitrogens with zero attached hydrogens (tertiary/aromatic N) is 1. The van der Waals surface area contributed by atoms with Crippen LogP contribution in [0.5, 0.6) is 0 Å². The number of nitro groups is 1. The van der Waals surface area contributed by atoms with Gasteiger partial charge in [-0.1, -0.05) is 30.3 Å². The number of ketones is 1. The van der Waals surface area contributed by atoms with Crippen molar-refractivity contribution in [1.29, 1.82) is 0 Å². The molecule has 26 heavy (non-hydrogen) atoms. The number of H-pyrrole nitrogens is 1. The maximum atomic E-state index is 13.6. The Morgan fingerprint density at radius 2 is 1.88 bits per heavy atom. The second-order valence-electron chi connectivity index (χ2n) is 5.82. The number of Topliss-reactive ketones (excluding diaryl/α,β-unsaturated/α-hetero) is 1. The van der Waals surface area contributed by atoms with Gasteiger partial charge >= 0.3 is 6.18 Å². The van der Waals surface area contributed by atoms with Gasteiger partial charge in [0.25, 0.3) is 5.69 Å². The molecule has 0 fully saturated rings. The molecule has 3 aromatic rings. The lowest BCUT2D eigenvalue weighted by molar-refractivity contribution is -0.384. The normalized spacial score (nSPS) is 12.9. The fourth-order valence-electron chi connectivity index (χ4n) is 2.88. The molecule has 0 spiro atoms. The van der Waals surface area contributed by atoms with Gasteiger partial charge in [0.05, 0.1) is 10.8 Å². The van der Waals surface area contributed by atoms with Gasteiger partial charge < -0.3 is 4.98 Å². The molecule has 0 bridgehead atoms. The summed E-state index contributed by atoms with van der Waals surface area (Å²) in [7, 11) is 0. The largest absolute Gasteiger partial charge is 0.396 e. The maximum Gasteiger partial charge on any atom is 0.396 e. The zero-order valence-electron chi connectivity index (χ0n) is 13.3. The number of halogens is 3. The number of aromatic amines is 1. The Morgan fingerprint density at radius 3 is 2.58 bits per heavy atom. The molecule has 1 atom stereocenters. The zero-order valence-corrected chi connectivity index (χ0v) is 13.3. The SMILES string of the molecule is O=C(C[C@@H](c1c[nH]c2ccccc12)C(F)(F)F)c1cccc([N+](=O)[O-])c1. The number of hydrogen-bond acceptors (Lipinski definition) is 3. The first-order valence-corrected chi connectivity index (χ1v) is 7.68. The molecule has 0 aliphatic heterocycles. The summed E-state index contributed by atoms with van der Waals surface area (Å²) in [5.74, 6) is -2.81. The van der Waals surface area contributed by atoms with Gasteiger partial charge in [-0.25, -0.2) is 0 Å². The number of carbonyl (C=O) groups is 1. The fourth-order valence-corrected chi connectivity index (χ4v) is 2.88. The number of fused-ring (bicyclic) bond motifs is 1. The molecule has 134 valence electrons. The Bertz CT molecular complexity index is 979. The molecule has 1 N–H and O–H groups in total. The third kappa shape index (κ3) is 3.44. The van der Waals surface area contributed by atoms with E-state index in [0.29, 0.717) is 10.9 Å². The molecule has 5 nitrogen and oxygen atoms in total. The third-order valence-corrected chi connectivity index (χ3v) is 4.16. The molecule has 8 heteroatoms. The van der Waals surface area contributed by atoms with Crippen LogP contribution in [0.15, 0.2) is 54.7 Å². The number of alkyl halides is 3. The molecule has 0 aliphatic carbocycles. The highest BCUT2D eigenvalue weighted by Gasteiger charge is 2.43. The number of nitro benzene ring substituents is 1. The summed E-state index contributed by atoms with van der Waals surface area (Å²) < 4.78 is 40.9. The van der Waals surface area contributed by atoms with E-state index in [1.807, 2.05) is 0 Å². The molecular weight excluding hydrogens is 349 g/mol. The van der Waals surface area contributed by atoms with E-state index in [-0.39, 0.29) is 16.8 Å².